The molecule has 0 amide bonds. The molecule has 9 aromatic rings. The summed E-state index contributed by atoms with van der Waals surface area (Å²) in [7, 11) is -3.12. The van der Waals surface area contributed by atoms with Crippen molar-refractivity contribution in [3.8, 4) is 11.1 Å². The highest BCUT2D eigenvalue weighted by molar-refractivity contribution is 7.85. The molecule has 0 radical (unpaired) electrons. The SMILES string of the molecule is O=P(c1ccccc1)(c1ccc(-c2ccc3c4ccccc4n4c5ccccc5nc4c3c2)cc1)c1ccc2ccccc2c1. The maximum atomic E-state index is 15.2. The number of nitrogens with zero attached hydrogens (tertiary/aromatic N) is 2. The number of aromatic nitrogens is 2. The van der Waals surface area contributed by atoms with Gasteiger partial charge in [0, 0.05) is 26.7 Å². The fourth-order valence-corrected chi connectivity index (χ4v) is 9.47. The molecule has 2 heterocycles. The van der Waals surface area contributed by atoms with E-state index in [4.69, 9.17) is 4.98 Å². The molecular weight excluding hydrogens is 567 g/mol. The molecule has 7 aromatic carbocycles. The van der Waals surface area contributed by atoms with E-state index in [0.717, 1.165) is 65.4 Å². The lowest BCUT2D eigenvalue weighted by Gasteiger charge is -2.21. The van der Waals surface area contributed by atoms with Crippen molar-refractivity contribution < 1.29 is 4.57 Å². The molecule has 0 N–H and O–H groups in total. The molecule has 0 fully saturated rings. The van der Waals surface area contributed by atoms with Crippen molar-refractivity contribution in [2.24, 2.45) is 0 Å². The van der Waals surface area contributed by atoms with E-state index in [-0.39, 0.29) is 0 Å². The van der Waals surface area contributed by atoms with Gasteiger partial charge in [0.2, 0.25) is 0 Å². The van der Waals surface area contributed by atoms with Crippen LogP contribution < -0.4 is 15.9 Å². The Balaban J connectivity index is 1.21. The van der Waals surface area contributed by atoms with Crippen LogP contribution in [0, 0.1) is 0 Å². The van der Waals surface area contributed by atoms with Gasteiger partial charge < -0.3 is 4.57 Å². The Morgan fingerprint density at radius 1 is 0.444 bits per heavy atom. The third-order valence-corrected chi connectivity index (χ3v) is 12.1. The Morgan fingerprint density at radius 2 is 1.09 bits per heavy atom. The molecule has 2 aromatic heterocycles. The van der Waals surface area contributed by atoms with E-state index in [2.05, 4.69) is 101 Å². The minimum atomic E-state index is -3.12. The van der Waals surface area contributed by atoms with Crippen LogP contribution in [0.4, 0.5) is 0 Å². The van der Waals surface area contributed by atoms with Gasteiger partial charge in [-0.2, -0.15) is 0 Å². The van der Waals surface area contributed by atoms with Crippen LogP contribution in [0.25, 0.3) is 60.3 Å². The van der Waals surface area contributed by atoms with Crippen molar-refractivity contribution in [2.45, 2.75) is 0 Å². The van der Waals surface area contributed by atoms with Crippen LogP contribution in [-0.2, 0) is 4.57 Å². The zero-order valence-corrected chi connectivity index (χ0v) is 25.2. The summed E-state index contributed by atoms with van der Waals surface area (Å²) in [5, 5.41) is 8.21. The van der Waals surface area contributed by atoms with Gasteiger partial charge in [-0.3, -0.25) is 4.40 Å². The second-order valence-electron chi connectivity index (χ2n) is 11.6. The second kappa shape index (κ2) is 10.0. The lowest BCUT2D eigenvalue weighted by Crippen LogP contribution is -2.25. The number of hydrogen-bond donors (Lipinski definition) is 0. The summed E-state index contributed by atoms with van der Waals surface area (Å²) in [6.45, 7) is 0. The Bertz CT molecular complexity index is 2620. The van der Waals surface area contributed by atoms with Crippen molar-refractivity contribution in [3.05, 3.63) is 164 Å². The average molecular weight is 595 g/mol. The Labute approximate surface area is 260 Å². The van der Waals surface area contributed by atoms with E-state index in [1.54, 1.807) is 0 Å². The van der Waals surface area contributed by atoms with Crippen LogP contribution >= 0.6 is 7.14 Å². The van der Waals surface area contributed by atoms with Crippen LogP contribution in [0.2, 0.25) is 0 Å². The summed E-state index contributed by atoms with van der Waals surface area (Å²) in [5.74, 6) is 0. The molecule has 0 bridgehead atoms. The van der Waals surface area contributed by atoms with Gasteiger partial charge in [0.1, 0.15) is 5.65 Å². The number of imidazole rings is 1. The molecule has 45 heavy (non-hydrogen) atoms. The maximum absolute atomic E-state index is 15.2. The summed E-state index contributed by atoms with van der Waals surface area (Å²) in [6, 6.07) is 56.1. The lowest BCUT2D eigenvalue weighted by atomic mass is 9.99. The van der Waals surface area contributed by atoms with Gasteiger partial charge in [-0.1, -0.05) is 133 Å². The van der Waals surface area contributed by atoms with Crippen molar-refractivity contribution in [1.29, 1.82) is 0 Å². The summed E-state index contributed by atoms with van der Waals surface area (Å²) < 4.78 is 17.5. The first-order valence-electron chi connectivity index (χ1n) is 15.2. The van der Waals surface area contributed by atoms with E-state index in [9.17, 15) is 0 Å². The molecule has 0 saturated heterocycles. The van der Waals surface area contributed by atoms with Crippen LogP contribution in [0.3, 0.4) is 0 Å². The summed E-state index contributed by atoms with van der Waals surface area (Å²) >= 11 is 0. The normalized spacial score (nSPS) is 13.2. The molecule has 0 spiro atoms. The predicted molar refractivity (Wildman–Crippen MR) is 190 cm³/mol. The minimum absolute atomic E-state index is 0.821. The van der Waals surface area contributed by atoms with Gasteiger partial charge in [0.25, 0.3) is 0 Å². The van der Waals surface area contributed by atoms with E-state index >= 15 is 4.57 Å². The van der Waals surface area contributed by atoms with Gasteiger partial charge >= 0.3 is 0 Å². The largest absolute Gasteiger partial charge is 0.309 e. The molecule has 1 unspecified atom stereocenters. The molecule has 3 nitrogen and oxygen atoms in total. The smallest absolute Gasteiger partial charge is 0.171 e. The van der Waals surface area contributed by atoms with Gasteiger partial charge in [-0.05, 0) is 57.6 Å². The number of benzene rings is 7. The summed E-state index contributed by atoms with van der Waals surface area (Å²) in [5.41, 5.74) is 6.35. The third-order valence-electron chi connectivity index (χ3n) is 9.04. The van der Waals surface area contributed by atoms with E-state index in [1.807, 2.05) is 66.7 Å². The van der Waals surface area contributed by atoms with E-state index in [0.29, 0.717) is 0 Å². The first kappa shape index (κ1) is 25.9. The molecular formula is C41H27N2OP. The lowest BCUT2D eigenvalue weighted by molar-refractivity contribution is 0.592. The molecule has 4 heteroatoms. The monoisotopic (exact) mass is 594 g/mol. The standard InChI is InChI=1S/C41H27N2OP/c44-45(32-12-2-1-3-13-32,34-24-20-28-10-4-5-11-30(28)26-34)33-22-18-29(19-23-33)31-21-25-35-36-14-6-8-16-39(36)43-40-17-9-7-15-38(40)42-41(43)37(35)27-31/h1-27H. The Kier molecular flexibility index (Phi) is 5.78. The molecule has 9 rings (SSSR count). The topological polar surface area (TPSA) is 34.4 Å². The number of pyridine rings is 1. The van der Waals surface area contributed by atoms with E-state index in [1.165, 1.54) is 10.8 Å². The fraction of sp³-hybridized carbons (Fsp3) is 0. The number of hydrogen-bond acceptors (Lipinski definition) is 2. The number of fused-ring (bicyclic) bond motifs is 9. The van der Waals surface area contributed by atoms with Crippen molar-refractivity contribution >= 4 is 72.2 Å². The molecule has 0 aliphatic heterocycles. The van der Waals surface area contributed by atoms with Gasteiger partial charge in [-0.25, -0.2) is 4.98 Å². The third kappa shape index (κ3) is 3.98. The fourth-order valence-electron chi connectivity index (χ4n) is 6.81. The maximum Gasteiger partial charge on any atom is 0.171 e. The van der Waals surface area contributed by atoms with Gasteiger partial charge in [-0.15, -0.1) is 0 Å². The molecule has 1 atom stereocenters. The van der Waals surface area contributed by atoms with Crippen LogP contribution in [0.5, 0.6) is 0 Å². The van der Waals surface area contributed by atoms with Crippen molar-refractivity contribution in [2.75, 3.05) is 0 Å². The van der Waals surface area contributed by atoms with Crippen molar-refractivity contribution in [3.63, 3.8) is 0 Å². The summed E-state index contributed by atoms with van der Waals surface area (Å²) in [6.07, 6.45) is 0. The van der Waals surface area contributed by atoms with Crippen LogP contribution in [-0.4, -0.2) is 9.38 Å². The Hall–Kier alpha value is -5.50. The molecule has 212 valence electrons. The highest BCUT2D eigenvalue weighted by Gasteiger charge is 2.30. The first-order valence-corrected chi connectivity index (χ1v) is 16.9. The first-order chi connectivity index (χ1) is 22.2. The number of para-hydroxylation sites is 3. The average Bonchev–Trinajstić information content (AvgIpc) is 3.52. The van der Waals surface area contributed by atoms with E-state index < -0.39 is 7.14 Å². The van der Waals surface area contributed by atoms with Gasteiger partial charge in [0.15, 0.2) is 7.14 Å². The van der Waals surface area contributed by atoms with Gasteiger partial charge in [0.05, 0.1) is 16.6 Å². The van der Waals surface area contributed by atoms with Crippen LogP contribution in [0.15, 0.2) is 164 Å². The van der Waals surface area contributed by atoms with Crippen LogP contribution in [0.1, 0.15) is 0 Å². The molecule has 0 aliphatic rings. The number of rotatable bonds is 4. The minimum Gasteiger partial charge on any atom is -0.309 e. The molecule has 0 saturated carbocycles. The zero-order chi connectivity index (χ0) is 30.0. The second-order valence-corrected chi connectivity index (χ2v) is 14.3. The zero-order valence-electron chi connectivity index (χ0n) is 24.3. The highest BCUT2D eigenvalue weighted by Crippen LogP contribution is 2.43. The quantitative estimate of drug-likeness (QED) is 0.150. The molecule has 0 aliphatic carbocycles. The predicted octanol–water partition coefficient (Wildman–Crippen LogP) is 9.25. The Morgan fingerprint density at radius 3 is 1.93 bits per heavy atom. The highest BCUT2D eigenvalue weighted by atomic mass is 31.2. The summed E-state index contributed by atoms with van der Waals surface area (Å²) in [4.78, 5) is 5.09. The van der Waals surface area contributed by atoms with Crippen molar-refractivity contribution in [1.82, 2.24) is 9.38 Å².